The number of benzene rings is 3. The first kappa shape index (κ1) is 25.2. The maximum atomic E-state index is 14.8. The van der Waals surface area contributed by atoms with E-state index in [0.717, 1.165) is 5.56 Å². The van der Waals surface area contributed by atoms with Crippen LogP contribution in [0.2, 0.25) is 10.0 Å². The van der Waals surface area contributed by atoms with E-state index in [1.165, 1.54) is 12.1 Å². The van der Waals surface area contributed by atoms with Crippen molar-refractivity contribution in [2.45, 2.75) is 42.7 Å². The van der Waals surface area contributed by atoms with Crippen LogP contribution in [0.4, 0.5) is 10.1 Å². The summed E-state index contributed by atoms with van der Waals surface area (Å²) < 4.78 is 26.7. The van der Waals surface area contributed by atoms with Crippen LogP contribution in [-0.2, 0) is 19.7 Å². The monoisotopic (exact) mass is 554 g/mol. The summed E-state index contributed by atoms with van der Waals surface area (Å²) in [7, 11) is 0. The van der Waals surface area contributed by atoms with Crippen LogP contribution in [0.1, 0.15) is 47.9 Å². The third kappa shape index (κ3) is 4.23. The van der Waals surface area contributed by atoms with E-state index >= 15 is 0 Å². The molecule has 6 rings (SSSR count). The SMILES string of the molecule is O=C1CC(c2cccc(Cl)c2)C2(C(=O)Nc3cc(Cl)ccc32)C(c2cc(F)ccc2OC2CCOCC2)N1. The van der Waals surface area contributed by atoms with Crippen LogP contribution in [0.25, 0.3) is 0 Å². The molecule has 0 aliphatic carbocycles. The number of fused-ring (bicyclic) bond motifs is 2. The summed E-state index contributed by atoms with van der Waals surface area (Å²) in [6, 6.07) is 15.7. The van der Waals surface area contributed by atoms with Gasteiger partial charge in [0.25, 0.3) is 0 Å². The lowest BCUT2D eigenvalue weighted by atomic mass is 9.59. The van der Waals surface area contributed by atoms with Crippen LogP contribution in [0.15, 0.2) is 60.7 Å². The molecular formula is C29H25Cl2FN2O4. The Morgan fingerprint density at radius 1 is 0.974 bits per heavy atom. The number of rotatable bonds is 4. The summed E-state index contributed by atoms with van der Waals surface area (Å²) in [4.78, 5) is 27.4. The Hall–Kier alpha value is -3.13. The first-order chi connectivity index (χ1) is 18.4. The van der Waals surface area contributed by atoms with Crippen molar-refractivity contribution in [3.63, 3.8) is 0 Å². The van der Waals surface area contributed by atoms with E-state index in [1.807, 2.05) is 6.07 Å². The molecule has 2 saturated heterocycles. The first-order valence-electron chi connectivity index (χ1n) is 12.6. The standard InChI is InChI=1S/C29H25Cl2FN2O4/c30-17-3-1-2-16(12-17)23-15-26(35)34-27(29(23)22-6-4-18(31)13-24(22)33-28(29)36)21-14-19(32)5-7-25(21)38-20-8-10-37-11-9-20/h1-7,12-14,20,23,27H,8-11,15H2,(H,33,36)(H,34,35). The van der Waals surface area contributed by atoms with E-state index in [2.05, 4.69) is 10.6 Å². The topological polar surface area (TPSA) is 76.7 Å². The number of nitrogens with one attached hydrogen (secondary N) is 2. The van der Waals surface area contributed by atoms with Gasteiger partial charge >= 0.3 is 0 Å². The minimum Gasteiger partial charge on any atom is -0.490 e. The zero-order valence-electron chi connectivity index (χ0n) is 20.3. The lowest BCUT2D eigenvalue weighted by molar-refractivity contribution is -0.131. The number of hydrogen-bond acceptors (Lipinski definition) is 4. The highest BCUT2D eigenvalue weighted by Gasteiger charge is 2.61. The number of piperidine rings is 1. The summed E-state index contributed by atoms with van der Waals surface area (Å²) in [5, 5.41) is 6.97. The van der Waals surface area contributed by atoms with Gasteiger partial charge in [-0.3, -0.25) is 9.59 Å². The molecule has 9 heteroatoms. The Morgan fingerprint density at radius 2 is 1.76 bits per heavy atom. The number of carbonyl (C=O) groups excluding carboxylic acids is 2. The third-order valence-corrected chi connectivity index (χ3v) is 8.22. The summed E-state index contributed by atoms with van der Waals surface area (Å²) in [6.45, 7) is 1.14. The molecule has 1 spiro atoms. The van der Waals surface area contributed by atoms with Crippen molar-refractivity contribution in [3.05, 3.63) is 93.2 Å². The minimum atomic E-state index is -1.32. The fourth-order valence-electron chi connectivity index (χ4n) is 6.10. The van der Waals surface area contributed by atoms with E-state index in [1.54, 1.807) is 42.5 Å². The Labute approximate surface area is 229 Å². The van der Waals surface area contributed by atoms with Crippen molar-refractivity contribution in [3.8, 4) is 5.75 Å². The maximum absolute atomic E-state index is 14.8. The van der Waals surface area contributed by atoms with Crippen LogP contribution >= 0.6 is 23.2 Å². The second-order valence-corrected chi connectivity index (χ2v) is 10.8. The highest BCUT2D eigenvalue weighted by molar-refractivity contribution is 6.31. The lowest BCUT2D eigenvalue weighted by Gasteiger charge is -2.46. The van der Waals surface area contributed by atoms with Crippen LogP contribution in [0, 0.1) is 5.82 Å². The Kier molecular flexibility index (Phi) is 6.54. The summed E-state index contributed by atoms with van der Waals surface area (Å²) >= 11 is 12.6. The highest BCUT2D eigenvalue weighted by Crippen LogP contribution is 2.58. The smallest absolute Gasteiger partial charge is 0.238 e. The van der Waals surface area contributed by atoms with Gasteiger partial charge in [0.05, 0.1) is 19.3 Å². The number of anilines is 1. The predicted octanol–water partition coefficient (Wildman–Crippen LogP) is 5.93. The van der Waals surface area contributed by atoms with Gasteiger partial charge in [-0.25, -0.2) is 4.39 Å². The highest BCUT2D eigenvalue weighted by atomic mass is 35.5. The molecule has 3 aromatic carbocycles. The van der Waals surface area contributed by atoms with Crippen LogP contribution < -0.4 is 15.4 Å². The van der Waals surface area contributed by atoms with Crippen LogP contribution in [0.5, 0.6) is 5.75 Å². The molecule has 0 saturated carbocycles. The Balaban J connectivity index is 1.57. The van der Waals surface area contributed by atoms with Crippen molar-refractivity contribution in [2.24, 2.45) is 0 Å². The molecular weight excluding hydrogens is 530 g/mol. The van der Waals surface area contributed by atoms with Gasteiger partial charge < -0.3 is 20.1 Å². The predicted molar refractivity (Wildman–Crippen MR) is 142 cm³/mol. The summed E-state index contributed by atoms with van der Waals surface area (Å²) in [6.07, 6.45) is 1.28. The maximum Gasteiger partial charge on any atom is 0.238 e. The molecule has 6 nitrogen and oxygen atoms in total. The van der Waals surface area contributed by atoms with Gasteiger partial charge in [-0.2, -0.15) is 0 Å². The first-order valence-corrected chi connectivity index (χ1v) is 13.3. The Bertz CT molecular complexity index is 1430. The quantitative estimate of drug-likeness (QED) is 0.419. The van der Waals surface area contributed by atoms with Gasteiger partial charge in [-0.1, -0.05) is 41.4 Å². The molecule has 3 aromatic rings. The number of amides is 2. The Morgan fingerprint density at radius 3 is 2.55 bits per heavy atom. The van der Waals surface area contributed by atoms with Crippen LogP contribution in [-0.4, -0.2) is 31.1 Å². The van der Waals surface area contributed by atoms with Crippen molar-refractivity contribution in [2.75, 3.05) is 18.5 Å². The van der Waals surface area contributed by atoms with Crippen molar-refractivity contribution >= 4 is 40.7 Å². The van der Waals surface area contributed by atoms with Gasteiger partial charge in [-0.15, -0.1) is 0 Å². The normalized spacial score (nSPS) is 25.1. The zero-order valence-corrected chi connectivity index (χ0v) is 21.8. The van der Waals surface area contributed by atoms with Gasteiger partial charge in [0.2, 0.25) is 11.8 Å². The third-order valence-electron chi connectivity index (χ3n) is 7.75. The number of carbonyl (C=O) groups is 2. The molecule has 3 aliphatic rings. The van der Waals surface area contributed by atoms with Crippen molar-refractivity contribution < 1.29 is 23.5 Å². The van der Waals surface area contributed by atoms with E-state index < -0.39 is 23.2 Å². The fourth-order valence-corrected chi connectivity index (χ4v) is 6.47. The summed E-state index contributed by atoms with van der Waals surface area (Å²) in [5.41, 5.74) is 1.04. The molecule has 0 radical (unpaired) electrons. The molecule has 3 heterocycles. The molecule has 0 bridgehead atoms. The van der Waals surface area contributed by atoms with Crippen molar-refractivity contribution in [1.29, 1.82) is 0 Å². The molecule has 3 aliphatic heterocycles. The molecule has 2 fully saturated rings. The van der Waals surface area contributed by atoms with Crippen molar-refractivity contribution in [1.82, 2.24) is 5.32 Å². The van der Waals surface area contributed by atoms with Gasteiger partial charge in [0.1, 0.15) is 23.1 Å². The molecule has 0 aromatic heterocycles. The molecule has 38 heavy (non-hydrogen) atoms. The molecule has 2 N–H and O–H groups in total. The molecule has 2 amide bonds. The average Bonchev–Trinajstić information content (AvgIpc) is 3.18. The van der Waals surface area contributed by atoms with E-state index in [4.69, 9.17) is 32.7 Å². The van der Waals surface area contributed by atoms with E-state index in [-0.39, 0.29) is 24.3 Å². The number of ether oxygens (including phenoxy) is 2. The van der Waals surface area contributed by atoms with E-state index in [0.29, 0.717) is 58.7 Å². The van der Waals surface area contributed by atoms with Gasteiger partial charge in [-0.05, 0) is 53.6 Å². The van der Waals surface area contributed by atoms with E-state index in [9.17, 15) is 14.0 Å². The minimum absolute atomic E-state index is 0.0395. The number of halogens is 3. The van der Waals surface area contributed by atoms with Gasteiger partial charge in [0, 0.05) is 46.5 Å². The molecule has 3 unspecified atom stereocenters. The average molecular weight is 555 g/mol. The number of hydrogen-bond donors (Lipinski definition) is 2. The van der Waals surface area contributed by atoms with Gasteiger partial charge in [0.15, 0.2) is 0 Å². The second kappa shape index (κ2) is 9.88. The lowest BCUT2D eigenvalue weighted by Crippen LogP contribution is -2.57. The molecule has 3 atom stereocenters. The van der Waals surface area contributed by atoms with Crippen LogP contribution in [0.3, 0.4) is 0 Å². The zero-order chi connectivity index (χ0) is 26.4. The largest absolute Gasteiger partial charge is 0.490 e. The molecule has 196 valence electrons. The summed E-state index contributed by atoms with van der Waals surface area (Å²) in [5.74, 6) is -1.25. The second-order valence-electron chi connectivity index (χ2n) is 9.94. The fraction of sp³-hybridized carbons (Fsp3) is 0.310.